The van der Waals surface area contributed by atoms with E-state index in [2.05, 4.69) is 24.2 Å². The van der Waals surface area contributed by atoms with Gasteiger partial charge in [-0.25, -0.2) is 0 Å². The molecule has 4 nitrogen and oxygen atoms in total. The summed E-state index contributed by atoms with van der Waals surface area (Å²) in [6, 6.07) is -0.441. The Kier molecular flexibility index (Phi) is 14.9. The summed E-state index contributed by atoms with van der Waals surface area (Å²) in [4.78, 5) is 14.0. The van der Waals surface area contributed by atoms with Crippen LogP contribution in [0, 0.1) is 5.41 Å². The van der Waals surface area contributed by atoms with Gasteiger partial charge in [-0.3, -0.25) is 4.79 Å². The van der Waals surface area contributed by atoms with Gasteiger partial charge in [-0.2, -0.15) is 0 Å². The fourth-order valence-electron chi connectivity index (χ4n) is 1.41. The first-order chi connectivity index (χ1) is 7.79. The number of carbonyl (C=O) groups excluding carboxylic acids is 1. The van der Waals surface area contributed by atoms with Crippen LogP contribution in [0.25, 0.3) is 0 Å². The molecule has 0 spiro atoms. The molecular formula is C13H31Cl2N3O. The molecule has 6 heteroatoms. The summed E-state index contributed by atoms with van der Waals surface area (Å²) < 4.78 is 0. The van der Waals surface area contributed by atoms with Gasteiger partial charge in [-0.05, 0) is 25.4 Å². The zero-order valence-electron chi connectivity index (χ0n) is 12.9. The number of rotatable bonds is 7. The Hall–Kier alpha value is -0.0300. The van der Waals surface area contributed by atoms with Crippen LogP contribution in [-0.4, -0.2) is 43.5 Å². The number of nitrogens with two attached hydrogens (primary N) is 1. The second-order valence-electron chi connectivity index (χ2n) is 5.79. The SMILES string of the molecule is CCCCN(C)CCNC(=O)[C@@H](N)C(C)(C)C.Cl.Cl. The Morgan fingerprint density at radius 1 is 1.26 bits per heavy atom. The van der Waals surface area contributed by atoms with Crippen LogP contribution >= 0.6 is 24.8 Å². The Morgan fingerprint density at radius 2 is 1.79 bits per heavy atom. The lowest BCUT2D eigenvalue weighted by atomic mass is 9.87. The van der Waals surface area contributed by atoms with E-state index < -0.39 is 6.04 Å². The van der Waals surface area contributed by atoms with Gasteiger partial charge < -0.3 is 16.0 Å². The lowest BCUT2D eigenvalue weighted by Crippen LogP contribution is -2.49. The van der Waals surface area contributed by atoms with E-state index in [1.165, 1.54) is 12.8 Å². The topological polar surface area (TPSA) is 58.4 Å². The maximum Gasteiger partial charge on any atom is 0.237 e. The molecule has 3 N–H and O–H groups in total. The van der Waals surface area contributed by atoms with E-state index in [1.807, 2.05) is 20.8 Å². The predicted octanol–water partition coefficient (Wildman–Crippen LogP) is 2.05. The number of nitrogens with zero attached hydrogens (tertiary/aromatic N) is 1. The van der Waals surface area contributed by atoms with E-state index >= 15 is 0 Å². The third-order valence-corrected chi connectivity index (χ3v) is 2.90. The maximum atomic E-state index is 11.7. The van der Waals surface area contributed by atoms with Gasteiger partial charge in [-0.1, -0.05) is 34.1 Å². The molecule has 0 fully saturated rings. The van der Waals surface area contributed by atoms with Crippen LogP contribution in [0.5, 0.6) is 0 Å². The van der Waals surface area contributed by atoms with E-state index in [9.17, 15) is 4.79 Å². The summed E-state index contributed by atoms with van der Waals surface area (Å²) in [5, 5.41) is 2.89. The molecule has 0 saturated heterocycles. The van der Waals surface area contributed by atoms with Crippen molar-refractivity contribution in [2.75, 3.05) is 26.7 Å². The number of amides is 1. The summed E-state index contributed by atoms with van der Waals surface area (Å²) in [5.41, 5.74) is 5.68. The Morgan fingerprint density at radius 3 is 2.21 bits per heavy atom. The second kappa shape index (κ2) is 11.8. The molecule has 0 aromatic heterocycles. The minimum Gasteiger partial charge on any atom is -0.353 e. The van der Waals surface area contributed by atoms with Crippen molar-refractivity contribution in [3.05, 3.63) is 0 Å². The third-order valence-electron chi connectivity index (χ3n) is 2.90. The first-order valence-corrected chi connectivity index (χ1v) is 6.51. The Bertz CT molecular complexity index is 232. The molecule has 19 heavy (non-hydrogen) atoms. The molecule has 0 unspecified atom stereocenters. The van der Waals surface area contributed by atoms with Gasteiger partial charge in [0.05, 0.1) is 6.04 Å². The van der Waals surface area contributed by atoms with Gasteiger partial charge in [-0.15, -0.1) is 24.8 Å². The molecule has 0 saturated carbocycles. The molecule has 0 rings (SSSR count). The standard InChI is InChI=1S/C13H29N3O.2ClH/c1-6-7-9-16(5)10-8-15-12(17)11(14)13(2,3)4;;/h11H,6-10,14H2,1-5H3,(H,15,17);2*1H/t11-;;/m1../s1. The van der Waals surface area contributed by atoms with Crippen molar-refractivity contribution in [3.63, 3.8) is 0 Å². The minimum absolute atomic E-state index is 0. The summed E-state index contributed by atoms with van der Waals surface area (Å²) in [5.74, 6) is -0.0543. The normalized spacial score (nSPS) is 12.4. The Balaban J connectivity index is -0.00000128. The third kappa shape index (κ3) is 11.5. The van der Waals surface area contributed by atoms with Crippen LogP contribution in [0.4, 0.5) is 0 Å². The number of likely N-dealkylation sites (N-methyl/N-ethyl adjacent to an activating group) is 1. The van der Waals surface area contributed by atoms with Crippen molar-refractivity contribution in [1.29, 1.82) is 0 Å². The van der Waals surface area contributed by atoms with E-state index in [4.69, 9.17) is 5.73 Å². The number of halogens is 2. The number of carbonyl (C=O) groups is 1. The number of unbranched alkanes of at least 4 members (excludes halogenated alkanes) is 1. The molecular weight excluding hydrogens is 285 g/mol. The summed E-state index contributed by atoms with van der Waals surface area (Å²) >= 11 is 0. The minimum atomic E-state index is -0.441. The van der Waals surface area contributed by atoms with E-state index in [0.29, 0.717) is 6.54 Å². The van der Waals surface area contributed by atoms with Crippen LogP contribution in [0.15, 0.2) is 0 Å². The summed E-state index contributed by atoms with van der Waals surface area (Å²) in [7, 11) is 2.07. The van der Waals surface area contributed by atoms with Crippen LogP contribution < -0.4 is 11.1 Å². The highest BCUT2D eigenvalue weighted by molar-refractivity contribution is 5.85. The van der Waals surface area contributed by atoms with Gasteiger partial charge in [0, 0.05) is 13.1 Å². The molecule has 0 aromatic rings. The first-order valence-electron chi connectivity index (χ1n) is 6.51. The smallest absolute Gasteiger partial charge is 0.237 e. The number of hydrogen-bond donors (Lipinski definition) is 2. The molecule has 1 atom stereocenters. The molecule has 0 aliphatic heterocycles. The van der Waals surface area contributed by atoms with Crippen molar-refractivity contribution in [2.45, 2.75) is 46.6 Å². The fraction of sp³-hybridized carbons (Fsp3) is 0.923. The Labute approximate surface area is 130 Å². The molecule has 1 amide bonds. The van der Waals surface area contributed by atoms with Gasteiger partial charge in [0.2, 0.25) is 5.91 Å². The van der Waals surface area contributed by atoms with Crippen molar-refractivity contribution in [1.82, 2.24) is 10.2 Å². The van der Waals surface area contributed by atoms with Crippen molar-refractivity contribution in [2.24, 2.45) is 11.1 Å². The van der Waals surface area contributed by atoms with Gasteiger partial charge in [0.15, 0.2) is 0 Å². The molecule has 0 bridgehead atoms. The average molecular weight is 316 g/mol. The first kappa shape index (κ1) is 24.0. The molecule has 0 aliphatic carbocycles. The highest BCUT2D eigenvalue weighted by atomic mass is 35.5. The predicted molar refractivity (Wildman–Crippen MR) is 87.3 cm³/mol. The monoisotopic (exact) mass is 315 g/mol. The van der Waals surface area contributed by atoms with Crippen molar-refractivity contribution >= 4 is 30.7 Å². The second-order valence-corrected chi connectivity index (χ2v) is 5.79. The van der Waals surface area contributed by atoms with Crippen LogP contribution in [0.3, 0.4) is 0 Å². The van der Waals surface area contributed by atoms with Gasteiger partial charge in [0.1, 0.15) is 0 Å². The quantitative estimate of drug-likeness (QED) is 0.756. The van der Waals surface area contributed by atoms with E-state index in [0.717, 1.165) is 13.1 Å². The largest absolute Gasteiger partial charge is 0.353 e. The molecule has 0 radical (unpaired) electrons. The highest BCUT2D eigenvalue weighted by Gasteiger charge is 2.26. The average Bonchev–Trinajstić information content (AvgIpc) is 2.23. The zero-order chi connectivity index (χ0) is 13.5. The molecule has 0 aromatic carbocycles. The van der Waals surface area contributed by atoms with Crippen LogP contribution in [0.2, 0.25) is 0 Å². The maximum absolute atomic E-state index is 11.7. The van der Waals surface area contributed by atoms with E-state index in [1.54, 1.807) is 0 Å². The molecule has 0 aliphatic rings. The summed E-state index contributed by atoms with van der Waals surface area (Å²) in [6.07, 6.45) is 2.40. The summed E-state index contributed by atoms with van der Waals surface area (Å²) in [6.45, 7) is 10.7. The van der Waals surface area contributed by atoms with Gasteiger partial charge in [0.25, 0.3) is 0 Å². The van der Waals surface area contributed by atoms with Crippen LogP contribution in [-0.2, 0) is 4.79 Å². The lowest BCUT2D eigenvalue weighted by molar-refractivity contribution is -0.124. The molecule has 0 heterocycles. The van der Waals surface area contributed by atoms with Crippen molar-refractivity contribution in [3.8, 4) is 0 Å². The fourth-order valence-corrected chi connectivity index (χ4v) is 1.41. The van der Waals surface area contributed by atoms with Crippen LogP contribution in [0.1, 0.15) is 40.5 Å². The van der Waals surface area contributed by atoms with E-state index in [-0.39, 0.29) is 36.1 Å². The van der Waals surface area contributed by atoms with Gasteiger partial charge >= 0.3 is 0 Å². The van der Waals surface area contributed by atoms with Crippen molar-refractivity contribution < 1.29 is 4.79 Å². The zero-order valence-corrected chi connectivity index (χ0v) is 14.5. The lowest BCUT2D eigenvalue weighted by Gasteiger charge is -2.26. The number of hydrogen-bond acceptors (Lipinski definition) is 3. The number of nitrogens with one attached hydrogen (secondary N) is 1. The highest BCUT2D eigenvalue weighted by Crippen LogP contribution is 2.16. The molecule has 118 valence electrons.